The highest BCUT2D eigenvalue weighted by Gasteiger charge is 2.11. The van der Waals surface area contributed by atoms with Gasteiger partial charge in [0.05, 0.1) is 6.54 Å². The Morgan fingerprint density at radius 1 is 1.44 bits per heavy atom. The monoisotopic (exact) mass is 335 g/mol. The van der Waals surface area contributed by atoms with E-state index in [0.717, 1.165) is 25.6 Å². The van der Waals surface area contributed by atoms with E-state index in [0.29, 0.717) is 0 Å². The Morgan fingerprint density at radius 3 is 2.94 bits per heavy atom. The molecule has 0 saturated heterocycles. The van der Waals surface area contributed by atoms with Gasteiger partial charge in [-0.3, -0.25) is 4.99 Å². The van der Waals surface area contributed by atoms with Crippen LogP contribution in [-0.2, 0) is 0 Å². The predicted molar refractivity (Wildman–Crippen MR) is 79.5 cm³/mol. The lowest BCUT2D eigenvalue weighted by Gasteiger charge is -2.17. The molecule has 0 bridgehead atoms. The number of hydrogen-bond acceptors (Lipinski definition) is 3. The van der Waals surface area contributed by atoms with Crippen molar-refractivity contribution >= 4 is 29.9 Å². The second-order valence-corrected chi connectivity index (χ2v) is 4.41. The van der Waals surface area contributed by atoms with E-state index < -0.39 is 0 Å². The van der Waals surface area contributed by atoms with Crippen molar-refractivity contribution in [2.75, 3.05) is 26.7 Å². The largest absolute Gasteiger partial charge is 0.356 e. The number of rotatable bonds is 3. The van der Waals surface area contributed by atoms with E-state index in [1.165, 1.54) is 32.1 Å². The molecule has 0 aromatic carbocycles. The summed E-state index contributed by atoms with van der Waals surface area (Å²) in [6, 6.07) is 0. The van der Waals surface area contributed by atoms with Crippen LogP contribution in [0.5, 0.6) is 0 Å². The molecule has 1 heterocycles. The third-order valence-electron chi connectivity index (χ3n) is 3.17. The Balaban J connectivity index is 0.00000128. The molecule has 0 aromatic heterocycles. The van der Waals surface area contributed by atoms with Gasteiger partial charge in [-0.15, -0.1) is 24.0 Å². The summed E-state index contributed by atoms with van der Waals surface area (Å²) >= 11 is 0. The van der Waals surface area contributed by atoms with E-state index in [1.807, 2.05) is 0 Å². The SMILES string of the molecule is CN1CCN=C1NCCC1=CCCCC1.I. The lowest BCUT2D eigenvalue weighted by Crippen LogP contribution is -2.36. The predicted octanol–water partition coefficient (Wildman–Crippen LogP) is 2.39. The summed E-state index contributed by atoms with van der Waals surface area (Å²) in [5.41, 5.74) is 1.63. The first kappa shape index (κ1) is 13.8. The summed E-state index contributed by atoms with van der Waals surface area (Å²) in [6.45, 7) is 3.04. The summed E-state index contributed by atoms with van der Waals surface area (Å²) in [7, 11) is 2.10. The molecule has 0 aromatic rings. The highest BCUT2D eigenvalue weighted by molar-refractivity contribution is 14.0. The molecule has 0 radical (unpaired) electrons. The van der Waals surface area contributed by atoms with E-state index >= 15 is 0 Å². The zero-order valence-electron chi connectivity index (χ0n) is 10.0. The number of guanidine groups is 1. The molecule has 0 unspecified atom stereocenters. The summed E-state index contributed by atoms with van der Waals surface area (Å²) in [4.78, 5) is 6.60. The van der Waals surface area contributed by atoms with Crippen LogP contribution in [0.25, 0.3) is 0 Å². The van der Waals surface area contributed by atoms with Crippen molar-refractivity contribution in [2.45, 2.75) is 32.1 Å². The topological polar surface area (TPSA) is 27.6 Å². The van der Waals surface area contributed by atoms with Gasteiger partial charge in [0, 0.05) is 20.1 Å². The van der Waals surface area contributed by atoms with Crippen LogP contribution < -0.4 is 5.32 Å². The number of nitrogens with one attached hydrogen (secondary N) is 1. The number of nitrogens with zero attached hydrogens (tertiary/aromatic N) is 2. The van der Waals surface area contributed by atoms with Crippen molar-refractivity contribution in [3.8, 4) is 0 Å². The van der Waals surface area contributed by atoms with Crippen LogP contribution >= 0.6 is 24.0 Å². The molecule has 1 aliphatic carbocycles. The van der Waals surface area contributed by atoms with Gasteiger partial charge in [-0.1, -0.05) is 11.6 Å². The van der Waals surface area contributed by atoms with Crippen molar-refractivity contribution in [3.05, 3.63) is 11.6 Å². The zero-order chi connectivity index (χ0) is 10.5. The molecule has 0 atom stereocenters. The molecule has 1 aliphatic heterocycles. The number of allylic oxidation sites excluding steroid dienone is 1. The van der Waals surface area contributed by atoms with Gasteiger partial charge in [0.25, 0.3) is 0 Å². The lowest BCUT2D eigenvalue weighted by atomic mass is 9.97. The first-order valence-electron chi connectivity index (χ1n) is 6.03. The molecule has 0 fully saturated rings. The van der Waals surface area contributed by atoms with E-state index in [2.05, 4.69) is 28.3 Å². The number of halogens is 1. The van der Waals surface area contributed by atoms with Gasteiger partial charge in [-0.2, -0.15) is 0 Å². The van der Waals surface area contributed by atoms with Crippen LogP contribution in [0, 0.1) is 0 Å². The molecule has 2 aliphatic rings. The second-order valence-electron chi connectivity index (χ2n) is 4.41. The molecule has 0 saturated carbocycles. The van der Waals surface area contributed by atoms with E-state index in [-0.39, 0.29) is 24.0 Å². The first-order valence-corrected chi connectivity index (χ1v) is 6.03. The molecular weight excluding hydrogens is 313 g/mol. The van der Waals surface area contributed by atoms with E-state index in [4.69, 9.17) is 0 Å². The minimum atomic E-state index is 0. The van der Waals surface area contributed by atoms with Gasteiger partial charge >= 0.3 is 0 Å². The first-order chi connectivity index (χ1) is 7.36. The zero-order valence-corrected chi connectivity index (χ0v) is 12.4. The van der Waals surface area contributed by atoms with Crippen molar-refractivity contribution in [2.24, 2.45) is 4.99 Å². The van der Waals surface area contributed by atoms with Crippen molar-refractivity contribution < 1.29 is 0 Å². The summed E-state index contributed by atoms with van der Waals surface area (Å²) in [5.74, 6) is 1.08. The minimum Gasteiger partial charge on any atom is -0.356 e. The number of hydrogen-bond donors (Lipinski definition) is 1. The van der Waals surface area contributed by atoms with Crippen LogP contribution in [0.2, 0.25) is 0 Å². The fraction of sp³-hybridized carbons (Fsp3) is 0.750. The van der Waals surface area contributed by atoms with E-state index in [9.17, 15) is 0 Å². The highest BCUT2D eigenvalue weighted by Crippen LogP contribution is 2.19. The van der Waals surface area contributed by atoms with Crippen LogP contribution in [-0.4, -0.2) is 37.5 Å². The molecular formula is C12H22IN3. The third-order valence-corrected chi connectivity index (χ3v) is 3.17. The molecule has 3 nitrogen and oxygen atoms in total. The highest BCUT2D eigenvalue weighted by atomic mass is 127. The molecule has 2 rings (SSSR count). The number of likely N-dealkylation sites (N-methyl/N-ethyl adjacent to an activating group) is 1. The molecule has 1 N–H and O–H groups in total. The van der Waals surface area contributed by atoms with Gasteiger partial charge in [0.1, 0.15) is 0 Å². The maximum Gasteiger partial charge on any atom is 0.193 e. The lowest BCUT2D eigenvalue weighted by molar-refractivity contribution is 0.533. The van der Waals surface area contributed by atoms with Crippen molar-refractivity contribution in [1.29, 1.82) is 0 Å². The molecule has 92 valence electrons. The summed E-state index contributed by atoms with van der Waals surface area (Å²) in [5, 5.41) is 3.41. The van der Waals surface area contributed by atoms with Crippen molar-refractivity contribution in [1.82, 2.24) is 10.2 Å². The number of aliphatic imine (C=N–C) groups is 1. The Bertz CT molecular complexity index is 273. The summed E-state index contributed by atoms with van der Waals surface area (Å²) < 4.78 is 0. The third kappa shape index (κ3) is 3.96. The maximum atomic E-state index is 4.41. The fourth-order valence-electron chi connectivity index (χ4n) is 2.19. The molecule has 0 spiro atoms. The van der Waals surface area contributed by atoms with Gasteiger partial charge in [0.2, 0.25) is 0 Å². The minimum absolute atomic E-state index is 0. The Kier molecular flexibility index (Phi) is 6.16. The van der Waals surface area contributed by atoms with Crippen LogP contribution in [0.3, 0.4) is 0 Å². The standard InChI is InChI=1S/C12H21N3.HI/c1-15-10-9-14-12(15)13-8-7-11-5-3-2-4-6-11;/h5H,2-4,6-10H2,1H3,(H,13,14);1H. The Labute approximate surface area is 115 Å². The Morgan fingerprint density at radius 2 is 2.31 bits per heavy atom. The Hall–Kier alpha value is -0.260. The molecule has 4 heteroatoms. The van der Waals surface area contributed by atoms with E-state index in [1.54, 1.807) is 5.57 Å². The molecule has 0 amide bonds. The van der Waals surface area contributed by atoms with Crippen molar-refractivity contribution in [3.63, 3.8) is 0 Å². The van der Waals surface area contributed by atoms with Crippen LogP contribution in [0.1, 0.15) is 32.1 Å². The normalized spacial score (nSPS) is 19.9. The quantitative estimate of drug-likeness (QED) is 0.634. The van der Waals surface area contributed by atoms with Gasteiger partial charge < -0.3 is 10.2 Å². The fourth-order valence-corrected chi connectivity index (χ4v) is 2.19. The average Bonchev–Trinajstić information content (AvgIpc) is 2.66. The van der Waals surface area contributed by atoms with Crippen LogP contribution in [0.4, 0.5) is 0 Å². The summed E-state index contributed by atoms with van der Waals surface area (Å²) in [6.07, 6.45) is 8.97. The van der Waals surface area contributed by atoms with Gasteiger partial charge in [-0.25, -0.2) is 0 Å². The molecule has 16 heavy (non-hydrogen) atoms. The average molecular weight is 335 g/mol. The maximum absolute atomic E-state index is 4.41. The van der Waals surface area contributed by atoms with Crippen LogP contribution in [0.15, 0.2) is 16.6 Å². The second kappa shape index (κ2) is 7.14. The smallest absolute Gasteiger partial charge is 0.193 e. The van der Waals surface area contributed by atoms with Gasteiger partial charge in [-0.05, 0) is 32.1 Å². The van der Waals surface area contributed by atoms with Gasteiger partial charge in [0.15, 0.2) is 5.96 Å².